The number of hydrogen-bond acceptors (Lipinski definition) is 5. The third-order valence-corrected chi connectivity index (χ3v) is 4.05. The van der Waals surface area contributed by atoms with Crippen LogP contribution in [0.5, 0.6) is 0 Å². The Bertz CT molecular complexity index is 940. The number of hydrogen-bond donors (Lipinski definition) is 1. The first-order chi connectivity index (χ1) is 13.0. The molecule has 2 aromatic carbocycles. The summed E-state index contributed by atoms with van der Waals surface area (Å²) in [6.07, 6.45) is 3.07. The minimum atomic E-state index is -0.576. The van der Waals surface area contributed by atoms with Crippen LogP contribution in [-0.4, -0.2) is 33.2 Å². The van der Waals surface area contributed by atoms with Gasteiger partial charge in [0.2, 0.25) is 0 Å². The van der Waals surface area contributed by atoms with E-state index in [0.29, 0.717) is 22.8 Å². The van der Waals surface area contributed by atoms with Gasteiger partial charge in [0.05, 0.1) is 22.8 Å². The van der Waals surface area contributed by atoms with Gasteiger partial charge in [0, 0.05) is 0 Å². The summed E-state index contributed by atoms with van der Waals surface area (Å²) in [6.45, 7) is 2.05. The van der Waals surface area contributed by atoms with Crippen LogP contribution >= 0.6 is 11.6 Å². The van der Waals surface area contributed by atoms with Crippen molar-refractivity contribution < 1.29 is 14.3 Å². The Labute approximate surface area is 160 Å². The topological polar surface area (TPSA) is 86.1 Å². The maximum Gasteiger partial charge on any atom is 0.338 e. The molecular formula is C19H17ClN4O3. The van der Waals surface area contributed by atoms with Crippen LogP contribution in [0.15, 0.2) is 55.1 Å². The predicted octanol–water partition coefficient (Wildman–Crippen LogP) is 3.08. The number of aryl methyl sites for hydroxylation is 1. The number of carbonyl (C=O) groups excluding carboxylic acids is 2. The van der Waals surface area contributed by atoms with Crippen LogP contribution in [-0.2, 0) is 16.1 Å². The Kier molecular flexibility index (Phi) is 5.83. The summed E-state index contributed by atoms with van der Waals surface area (Å²) >= 11 is 6.07. The van der Waals surface area contributed by atoms with Crippen molar-refractivity contribution >= 4 is 29.2 Å². The fourth-order valence-corrected chi connectivity index (χ4v) is 2.65. The van der Waals surface area contributed by atoms with Crippen LogP contribution in [0.2, 0.25) is 5.02 Å². The number of benzene rings is 2. The first-order valence-electron chi connectivity index (χ1n) is 8.16. The molecule has 0 spiro atoms. The monoisotopic (exact) mass is 384 g/mol. The maximum atomic E-state index is 12.1. The van der Waals surface area contributed by atoms with E-state index in [1.807, 2.05) is 13.0 Å². The van der Waals surface area contributed by atoms with E-state index >= 15 is 0 Å². The number of nitrogens with zero attached hydrogens (tertiary/aromatic N) is 3. The van der Waals surface area contributed by atoms with Crippen molar-refractivity contribution in [2.24, 2.45) is 0 Å². The SMILES string of the molecule is Cc1ccc(NC(=O)COC(=O)c2ccc(Cn3cncn3)cc2)c(Cl)c1. The molecule has 1 heterocycles. The van der Waals surface area contributed by atoms with E-state index < -0.39 is 18.5 Å². The van der Waals surface area contributed by atoms with Crippen molar-refractivity contribution in [3.05, 3.63) is 76.8 Å². The molecule has 3 aromatic rings. The molecule has 0 aliphatic carbocycles. The second kappa shape index (κ2) is 8.46. The summed E-state index contributed by atoms with van der Waals surface area (Å²) in [7, 11) is 0. The highest BCUT2D eigenvalue weighted by Crippen LogP contribution is 2.22. The lowest BCUT2D eigenvalue weighted by Crippen LogP contribution is -2.21. The molecule has 0 saturated heterocycles. The van der Waals surface area contributed by atoms with Gasteiger partial charge in [-0.05, 0) is 42.3 Å². The van der Waals surface area contributed by atoms with E-state index in [-0.39, 0.29) is 0 Å². The summed E-state index contributed by atoms with van der Waals surface area (Å²) in [6, 6.07) is 12.1. The summed E-state index contributed by atoms with van der Waals surface area (Å²) in [4.78, 5) is 27.9. The van der Waals surface area contributed by atoms with Crippen LogP contribution in [0.3, 0.4) is 0 Å². The number of anilines is 1. The molecule has 138 valence electrons. The van der Waals surface area contributed by atoms with Crippen molar-refractivity contribution in [1.29, 1.82) is 0 Å². The smallest absolute Gasteiger partial charge is 0.338 e. The Morgan fingerprint density at radius 1 is 1.19 bits per heavy atom. The predicted molar refractivity (Wildman–Crippen MR) is 101 cm³/mol. The molecule has 7 nitrogen and oxygen atoms in total. The minimum absolute atomic E-state index is 0.360. The van der Waals surface area contributed by atoms with Gasteiger partial charge in [-0.2, -0.15) is 5.10 Å². The first-order valence-corrected chi connectivity index (χ1v) is 8.53. The van der Waals surface area contributed by atoms with Gasteiger partial charge in [0.1, 0.15) is 12.7 Å². The van der Waals surface area contributed by atoms with Gasteiger partial charge in [-0.3, -0.25) is 4.79 Å². The number of nitrogens with one attached hydrogen (secondary N) is 1. The maximum absolute atomic E-state index is 12.1. The number of rotatable bonds is 6. The number of esters is 1. The highest BCUT2D eigenvalue weighted by molar-refractivity contribution is 6.33. The van der Waals surface area contributed by atoms with E-state index in [0.717, 1.165) is 11.1 Å². The molecule has 0 unspecified atom stereocenters. The largest absolute Gasteiger partial charge is 0.452 e. The quantitative estimate of drug-likeness (QED) is 0.660. The summed E-state index contributed by atoms with van der Waals surface area (Å²) in [5, 5.41) is 7.07. The zero-order chi connectivity index (χ0) is 19.2. The molecule has 1 aromatic heterocycles. The molecule has 3 rings (SSSR count). The Balaban J connectivity index is 1.51. The van der Waals surface area contributed by atoms with Gasteiger partial charge in [-0.1, -0.05) is 29.8 Å². The van der Waals surface area contributed by atoms with Gasteiger partial charge < -0.3 is 10.1 Å². The molecule has 1 amide bonds. The number of ether oxygens (including phenoxy) is 1. The average molecular weight is 385 g/mol. The van der Waals surface area contributed by atoms with Gasteiger partial charge in [-0.25, -0.2) is 14.5 Å². The lowest BCUT2D eigenvalue weighted by molar-refractivity contribution is -0.119. The van der Waals surface area contributed by atoms with Crippen LogP contribution in [0, 0.1) is 6.92 Å². The lowest BCUT2D eigenvalue weighted by atomic mass is 10.1. The van der Waals surface area contributed by atoms with E-state index in [1.54, 1.807) is 47.4 Å². The Hall–Kier alpha value is -3.19. The fourth-order valence-electron chi connectivity index (χ4n) is 2.37. The Morgan fingerprint density at radius 2 is 1.96 bits per heavy atom. The number of halogens is 1. The lowest BCUT2D eigenvalue weighted by Gasteiger charge is -2.09. The molecule has 0 radical (unpaired) electrons. The van der Waals surface area contributed by atoms with Crippen LogP contribution in [0.25, 0.3) is 0 Å². The molecule has 8 heteroatoms. The molecule has 0 fully saturated rings. The standard InChI is InChI=1S/C19H17ClN4O3/c1-13-2-7-17(16(20)8-13)23-18(25)10-27-19(26)15-5-3-14(4-6-15)9-24-12-21-11-22-24/h2-8,11-12H,9-10H2,1H3,(H,23,25). The first kappa shape index (κ1) is 18.6. The molecular weight excluding hydrogens is 368 g/mol. The average Bonchev–Trinajstić information content (AvgIpc) is 3.16. The molecule has 0 aliphatic heterocycles. The third kappa shape index (κ3) is 5.15. The summed E-state index contributed by atoms with van der Waals surface area (Å²) in [5.41, 5.74) is 2.78. The zero-order valence-electron chi connectivity index (χ0n) is 14.6. The van der Waals surface area contributed by atoms with Gasteiger partial charge in [0.25, 0.3) is 5.91 Å². The van der Waals surface area contributed by atoms with Crippen molar-refractivity contribution in [3.8, 4) is 0 Å². The number of carbonyl (C=O) groups is 2. The van der Waals surface area contributed by atoms with E-state index in [2.05, 4.69) is 15.4 Å². The second-order valence-corrected chi connectivity index (χ2v) is 6.30. The molecule has 0 bridgehead atoms. The van der Waals surface area contributed by atoms with Crippen molar-refractivity contribution in [2.75, 3.05) is 11.9 Å². The van der Waals surface area contributed by atoms with E-state index in [4.69, 9.17) is 16.3 Å². The second-order valence-electron chi connectivity index (χ2n) is 5.90. The number of aromatic nitrogens is 3. The van der Waals surface area contributed by atoms with Gasteiger partial charge >= 0.3 is 5.97 Å². The van der Waals surface area contributed by atoms with Crippen LogP contribution < -0.4 is 5.32 Å². The van der Waals surface area contributed by atoms with E-state index in [1.165, 1.54) is 6.33 Å². The van der Waals surface area contributed by atoms with Crippen molar-refractivity contribution in [2.45, 2.75) is 13.5 Å². The van der Waals surface area contributed by atoms with Crippen molar-refractivity contribution in [1.82, 2.24) is 14.8 Å². The zero-order valence-corrected chi connectivity index (χ0v) is 15.3. The van der Waals surface area contributed by atoms with E-state index in [9.17, 15) is 9.59 Å². The molecule has 0 aliphatic rings. The highest BCUT2D eigenvalue weighted by atomic mass is 35.5. The highest BCUT2D eigenvalue weighted by Gasteiger charge is 2.12. The third-order valence-electron chi connectivity index (χ3n) is 3.73. The minimum Gasteiger partial charge on any atom is -0.452 e. The normalized spacial score (nSPS) is 10.4. The van der Waals surface area contributed by atoms with Gasteiger partial charge in [0.15, 0.2) is 6.61 Å². The molecule has 0 saturated carbocycles. The molecule has 27 heavy (non-hydrogen) atoms. The van der Waals surface area contributed by atoms with Crippen molar-refractivity contribution in [3.63, 3.8) is 0 Å². The van der Waals surface area contributed by atoms with Crippen LogP contribution in [0.1, 0.15) is 21.5 Å². The molecule has 0 atom stereocenters. The summed E-state index contributed by atoms with van der Waals surface area (Å²) in [5.74, 6) is -1.04. The number of amides is 1. The van der Waals surface area contributed by atoms with Crippen LogP contribution in [0.4, 0.5) is 5.69 Å². The Morgan fingerprint density at radius 3 is 2.63 bits per heavy atom. The summed E-state index contributed by atoms with van der Waals surface area (Å²) < 4.78 is 6.72. The van der Waals surface area contributed by atoms with Gasteiger partial charge in [-0.15, -0.1) is 0 Å². The molecule has 1 N–H and O–H groups in total. The fraction of sp³-hybridized carbons (Fsp3) is 0.158.